The molecule has 2 unspecified atom stereocenters. The van der Waals surface area contributed by atoms with Gasteiger partial charge < -0.3 is 113 Å². The van der Waals surface area contributed by atoms with E-state index in [1.807, 2.05) is 89.5 Å². The second-order valence-electron chi connectivity index (χ2n) is 31.3. The molecule has 4 bridgehead atoms. The molecule has 7 N–H and O–H groups in total. The van der Waals surface area contributed by atoms with Crippen LogP contribution < -0.4 is 60.4 Å². The van der Waals surface area contributed by atoms with E-state index >= 15 is 0 Å². The van der Waals surface area contributed by atoms with Crippen LogP contribution in [0.2, 0.25) is 0 Å². The van der Waals surface area contributed by atoms with Gasteiger partial charge in [-0.1, -0.05) is 81.2 Å². The van der Waals surface area contributed by atoms with Gasteiger partial charge >= 0.3 is 11.9 Å². The van der Waals surface area contributed by atoms with Crippen molar-refractivity contribution in [1.82, 2.24) is 70.3 Å². The number of piperidine rings is 2. The quantitative estimate of drug-likeness (QED) is 0.0109. The summed E-state index contributed by atoms with van der Waals surface area (Å²) in [6, 6.07) is 42.8. The fourth-order valence-corrected chi connectivity index (χ4v) is 17.5. The monoisotopic (exact) mass is 1960 g/mol. The summed E-state index contributed by atoms with van der Waals surface area (Å²) in [6.45, 7) is 11.7. The molecule has 41 heteroatoms. The Bertz CT molecular complexity index is 7450. The van der Waals surface area contributed by atoms with Crippen molar-refractivity contribution >= 4 is 181 Å². The smallest absolute Gasteiger partial charge is 0.308 e. The summed E-state index contributed by atoms with van der Waals surface area (Å²) in [5, 5.41) is 40.9. The third-order valence-electron chi connectivity index (χ3n) is 22.5. The number of aromatic amines is 1. The average molecular weight is 1960 g/mol. The Hall–Kier alpha value is -15.9. The molecule has 140 heavy (non-hydrogen) atoms. The predicted molar refractivity (Wildman–Crippen MR) is 541 cm³/mol. The molecule has 4 aliphatic heterocycles. The van der Waals surface area contributed by atoms with Gasteiger partial charge in [0.1, 0.15) is 42.5 Å². The van der Waals surface area contributed by atoms with E-state index in [1.165, 1.54) is 78.7 Å². The van der Waals surface area contributed by atoms with E-state index in [1.54, 1.807) is 98.6 Å². The number of rotatable bonds is 19. The predicted octanol–water partition coefficient (Wildman–Crippen LogP) is 19.4. The van der Waals surface area contributed by atoms with Gasteiger partial charge in [0.25, 0.3) is 15.7 Å². The highest BCUT2D eigenvalue weighted by atomic mass is 32.2. The van der Waals surface area contributed by atoms with E-state index in [4.69, 9.17) is 61.2 Å². The lowest BCUT2D eigenvalue weighted by atomic mass is 9.99. The number of nitrogens with one attached hydrogen (secondary N) is 4. The molecule has 17 aromatic rings. The number of aromatic hydroxyl groups is 1. The zero-order chi connectivity index (χ0) is 93.8. The fourth-order valence-electron chi connectivity index (χ4n) is 16.4. The van der Waals surface area contributed by atoms with Gasteiger partial charge in [-0.15, -0.1) is 0 Å². The van der Waals surface area contributed by atoms with Crippen LogP contribution in [0.15, 0.2) is 249 Å². The molecule has 0 aliphatic carbocycles. The highest BCUT2D eigenvalue weighted by Crippen LogP contribution is 2.44. The first-order chi connectivity index (χ1) is 64.9. The maximum atomic E-state index is 12.4. The van der Waals surface area contributed by atoms with Crippen molar-refractivity contribution in [3.8, 4) is 46.0 Å². The molecular weight excluding hydrogens is 1860 g/mol. The lowest BCUT2D eigenvalue weighted by molar-refractivity contribution is -0.132. The van der Waals surface area contributed by atoms with Crippen molar-refractivity contribution in [1.29, 1.82) is 0 Å². The van der Waals surface area contributed by atoms with Crippen molar-refractivity contribution in [2.75, 3.05) is 50.1 Å². The molecule has 0 spiro atoms. The summed E-state index contributed by atoms with van der Waals surface area (Å²) >= 11 is 0. The Kier molecular flexibility index (Phi) is 35.9. The molecule has 0 radical (unpaired) electrons. The molecule has 4 fully saturated rings. The van der Waals surface area contributed by atoms with Crippen LogP contribution in [0.1, 0.15) is 100 Å². The van der Waals surface area contributed by atoms with Crippen LogP contribution in [0, 0.1) is 6.92 Å². The van der Waals surface area contributed by atoms with Gasteiger partial charge in [0.2, 0.25) is 11.8 Å². The van der Waals surface area contributed by atoms with Crippen LogP contribution in [-0.2, 0) is 33.5 Å². The number of fused-ring (bicyclic) bond motifs is 12. The number of nitrogens with two attached hydrogens (primary N) is 1. The topological polar surface area (TPSA) is 492 Å². The number of benzene rings is 9. The van der Waals surface area contributed by atoms with E-state index in [-0.39, 0.29) is 120 Å². The molecule has 4 aliphatic rings. The number of ether oxygens (including phenoxy) is 7. The maximum absolute atomic E-state index is 12.4. The first kappa shape index (κ1) is 106. The Morgan fingerprint density at radius 2 is 0.821 bits per heavy atom. The number of nitrogens with zero attached hydrogens (tertiary/aromatic N) is 13. The largest absolute Gasteiger partial charge is 1.51 e. The summed E-state index contributed by atoms with van der Waals surface area (Å²) in [7, 11) is 2.30. The normalized spacial score (nSPS) is 15.6. The van der Waals surface area contributed by atoms with Crippen LogP contribution in [0.4, 0.5) is 40.2 Å². The van der Waals surface area contributed by atoms with Gasteiger partial charge in [0, 0.05) is 136 Å². The van der Waals surface area contributed by atoms with Crippen molar-refractivity contribution in [2.24, 2.45) is 0 Å². The number of carbonyl (C=O) groups excluding carboxylic acids is 4. The molecule has 732 valence electrons. The van der Waals surface area contributed by atoms with Crippen molar-refractivity contribution < 1.29 is 88.1 Å². The van der Waals surface area contributed by atoms with E-state index in [0.717, 1.165) is 110 Å². The highest BCUT2D eigenvalue weighted by Gasteiger charge is 2.45. The summed E-state index contributed by atoms with van der Waals surface area (Å²) in [4.78, 5) is 94.4. The number of hydrogen-bond acceptors (Lipinski definition) is 35. The van der Waals surface area contributed by atoms with Crippen LogP contribution in [-0.4, -0.2) is 172 Å². The van der Waals surface area contributed by atoms with E-state index in [0.29, 0.717) is 109 Å². The number of phenols is 1. The number of aryl methyl sites for hydroxylation is 1. The molecule has 9 aromatic carbocycles. The molecule has 38 nitrogen and oxygen atoms in total. The molecule has 4 saturated heterocycles. The molecule has 6 atom stereocenters. The Labute approximate surface area is 811 Å². The zero-order valence-corrected chi connectivity index (χ0v) is 77.2. The van der Waals surface area contributed by atoms with Crippen molar-refractivity contribution in [2.45, 2.75) is 143 Å². The van der Waals surface area contributed by atoms with Crippen LogP contribution in [0.5, 0.6) is 46.0 Å². The number of hydrogen-bond donors (Lipinski definition) is 6. The molecule has 21 rings (SSSR count). The number of amides is 2. The number of anilines is 7. The van der Waals surface area contributed by atoms with Gasteiger partial charge in [-0.05, 0) is 167 Å². The van der Waals surface area contributed by atoms with Gasteiger partial charge in [0.15, 0.2) is 68.3 Å². The SMILES string of the molecule is C.C.C.C.C=CC(=O)N1[C@@H]2CC[C@H]1CC(OS(=O)(=O)c1ccc(C)cc1)C2.C=CC(=O)N1[C@@H]2CC[C@H]1CC(Oc1cc3c(Nc4ccc5oncc5c4)ncnc3cc1OC)C2.COc1cc2nc[nH]c(=O)c2cc1OC(C)=O.COc1cc2ncnc(Nc3ccc4oncc4c3)c2cc1O.COc1cc2ncnc(Nc3ccc4oncc4c3)c2cc1OC(C)=O.Nc1ccc2oncc2c1.[PH-2].[PH2-]. The molecule has 12 heterocycles. The Morgan fingerprint density at radius 1 is 0.464 bits per heavy atom. The van der Waals surface area contributed by atoms with Crippen molar-refractivity contribution in [3.63, 3.8) is 0 Å². The Morgan fingerprint density at radius 3 is 1.22 bits per heavy atom. The van der Waals surface area contributed by atoms with E-state index < -0.39 is 22.1 Å². The maximum Gasteiger partial charge on any atom is 0.308 e. The summed E-state index contributed by atoms with van der Waals surface area (Å²) in [6.07, 6.45) is 21.2. The lowest BCUT2D eigenvalue weighted by Crippen LogP contribution is -2.48. The minimum absolute atomic E-state index is 0. The Balaban J connectivity index is 0.000000176. The van der Waals surface area contributed by atoms with Gasteiger partial charge in [-0.3, -0.25) is 28.2 Å². The average Bonchev–Trinajstić information content (AvgIpc) is 1.45. The zero-order valence-electron chi connectivity index (χ0n) is 74.2. The van der Waals surface area contributed by atoms with E-state index in [9.17, 15) is 37.5 Å². The van der Waals surface area contributed by atoms with Crippen LogP contribution in [0.3, 0.4) is 0 Å². The van der Waals surface area contributed by atoms with E-state index in [2.05, 4.69) is 89.6 Å². The number of methoxy groups -OCH3 is 4. The third kappa shape index (κ3) is 24.4. The molecule has 8 aromatic heterocycles. The van der Waals surface area contributed by atoms with Crippen molar-refractivity contribution in [3.05, 3.63) is 237 Å². The second-order valence-corrected chi connectivity index (χ2v) is 32.8. The molecule has 2 amide bonds. The number of aromatic nitrogens is 12. The number of phenolic OH excluding ortho intramolecular Hbond substituents is 1. The minimum Gasteiger partial charge on any atom is -1.51 e. The summed E-state index contributed by atoms with van der Waals surface area (Å²) in [5.74, 6) is 3.77. The lowest BCUT2D eigenvalue weighted by Gasteiger charge is -2.38. The number of H-pyrrole nitrogens is 1. The number of carbonyl (C=O) groups is 4. The minimum atomic E-state index is -3.76. The number of esters is 2. The first-order valence-electron chi connectivity index (χ1n) is 42.0. The fraction of sp³-hybridized carbons (Fsp3) is 0.253. The number of nitrogen functional groups attached to an aromatic ring is 1. The van der Waals surface area contributed by atoms with Gasteiger partial charge in [-0.2, -0.15) is 8.42 Å². The van der Waals surface area contributed by atoms with Gasteiger partial charge in [-0.25, -0.2) is 34.9 Å². The molecular formula is C99H107N18O20P2S-3. The standard InChI is InChI=1S/C26H25N5O4.C18H14N4O4.C17H21NO4S.C16H12N4O3.C11H10N2O4.C7H6N2O.4CH4.H2P.HP/c1-3-25(32)31-17-5-6-18(31)10-19(9-17)34-24-11-20-21(12-23(24)33-2)27-14-28-26(20)30-16-4-7-22-15(8-16)13-29-35-22;1-10(23)25-17-6-13-14(7-16(17)24-2)19-9-20-18(13)22-12-3-4-15-11(5-12)8-21-26-15;1-3-17(19)18-13-6-7-14(18)11-15(10-13)22-23(20,21)16-8-4-12(2)5-9-16;1-22-15-6-12-11(5-13(15)21)16(18-8-17-12)20-10-2-3-14-9(4-10)7-19-23-14;1-6(14)17-10-3-7-8(4-9(10)16-2)12-5-13-11(7)15;8-6-1-2-7-5(3-6)4-9-10-7;;;;;;/h3-4,7-8,11-14,17-19H,1,5-6,9-10H2,2H3,(H,27,28,30);3-9H,1-2H3,(H,19,20,22);3-5,8-9,13-15H,1,6-7,10-11H2,2H3;2-8,21H,1H3,(H,17,18,20);3-5H,1-2H3,(H,12,13,15);1-4H,8H2;4*1H4;1H2;1H/q;;;;;;;;;;-1;-2/t17-,18+,19?;;13-,14+,15?;;;;;;;;;. The summed E-state index contributed by atoms with van der Waals surface area (Å²) < 4.78 is 88.3. The van der Waals surface area contributed by atoms with Gasteiger partial charge in [0.05, 0.1) is 98.0 Å². The first-order valence-corrected chi connectivity index (χ1v) is 43.4. The third-order valence-corrected chi connectivity index (χ3v) is 23.9. The molecule has 0 saturated carbocycles. The highest BCUT2D eigenvalue weighted by molar-refractivity contribution is 7.86. The summed E-state index contributed by atoms with van der Waals surface area (Å²) in [5.41, 5.74) is 14.9. The van der Waals surface area contributed by atoms with Crippen LogP contribution in [0.25, 0.3) is 87.5 Å². The second kappa shape index (κ2) is 47.3. The van der Waals surface area contributed by atoms with Crippen LogP contribution >= 0.6 is 19.8 Å².